The first-order valence-corrected chi connectivity index (χ1v) is 15.3. The number of nitrogens with one attached hydrogen (secondary N) is 2. The Morgan fingerprint density at radius 3 is 2.49 bits per heavy atom. The van der Waals surface area contributed by atoms with Crippen LogP contribution >= 0.6 is 23.1 Å². The van der Waals surface area contributed by atoms with Gasteiger partial charge in [-0.05, 0) is 50.5 Å². The number of amides is 2. The van der Waals surface area contributed by atoms with Crippen molar-refractivity contribution in [3.05, 3.63) is 35.2 Å². The number of anilines is 1. The number of benzene rings is 1. The second kappa shape index (κ2) is 12.9. The van der Waals surface area contributed by atoms with E-state index in [-0.39, 0.29) is 11.8 Å². The van der Waals surface area contributed by atoms with Gasteiger partial charge in [-0.25, -0.2) is 4.98 Å². The molecule has 200 valence electrons. The summed E-state index contributed by atoms with van der Waals surface area (Å²) in [5.41, 5.74) is 1.38. The molecule has 8 nitrogen and oxygen atoms in total. The van der Waals surface area contributed by atoms with Gasteiger partial charge in [0.25, 0.3) is 5.91 Å². The highest BCUT2D eigenvalue weighted by atomic mass is 32.2. The highest BCUT2D eigenvalue weighted by molar-refractivity contribution is 7.98. The number of nitrogens with zero attached hydrogens (tertiary/aromatic N) is 3. The van der Waals surface area contributed by atoms with Gasteiger partial charge in [-0.15, -0.1) is 11.3 Å². The minimum Gasteiger partial charge on any atom is -0.346 e. The van der Waals surface area contributed by atoms with Crippen molar-refractivity contribution in [1.29, 1.82) is 0 Å². The van der Waals surface area contributed by atoms with Crippen LogP contribution < -0.4 is 15.5 Å². The lowest BCUT2D eigenvalue weighted by Crippen LogP contribution is -2.61. The van der Waals surface area contributed by atoms with E-state index in [1.54, 1.807) is 35.2 Å². The molecule has 2 aromatic rings. The molecule has 0 radical (unpaired) electrons. The zero-order valence-electron chi connectivity index (χ0n) is 21.7. The molecule has 0 spiro atoms. The van der Waals surface area contributed by atoms with Gasteiger partial charge in [-0.2, -0.15) is 11.8 Å². The van der Waals surface area contributed by atoms with E-state index in [4.69, 9.17) is 4.98 Å². The number of thioether (sulfide) groups is 1. The Hall–Kier alpha value is -2.43. The van der Waals surface area contributed by atoms with E-state index in [0.29, 0.717) is 24.8 Å². The van der Waals surface area contributed by atoms with Crippen LogP contribution in [0.15, 0.2) is 29.6 Å². The van der Waals surface area contributed by atoms with E-state index in [1.807, 2.05) is 18.4 Å². The summed E-state index contributed by atoms with van der Waals surface area (Å²) in [5, 5.41) is 9.02. The maximum absolute atomic E-state index is 13.3. The topological polar surface area (TPSA) is 94.6 Å². The molecule has 37 heavy (non-hydrogen) atoms. The number of hydrogen-bond acceptors (Lipinski definition) is 8. The summed E-state index contributed by atoms with van der Waals surface area (Å²) in [5.74, 6) is 0.256. The zero-order valence-corrected chi connectivity index (χ0v) is 23.3. The molecule has 2 aliphatic rings. The first kappa shape index (κ1) is 27.6. The van der Waals surface area contributed by atoms with E-state index in [2.05, 4.69) is 32.9 Å². The lowest BCUT2D eigenvalue weighted by atomic mass is 9.80. The molecule has 2 fully saturated rings. The number of thiazole rings is 1. The SMILES string of the molecule is CSCC[C@@H](C=O)NC(=O)C1(NC(=O)c2ccc(-c3csc(N4CCN(C)CC4)n3)cc2)CCCCC1. The average molecular weight is 544 g/mol. The number of piperazine rings is 1. The number of rotatable bonds is 10. The second-order valence-corrected chi connectivity index (χ2v) is 11.8. The van der Waals surface area contributed by atoms with Crippen molar-refractivity contribution in [2.75, 3.05) is 50.1 Å². The number of aromatic nitrogens is 1. The smallest absolute Gasteiger partial charge is 0.252 e. The van der Waals surface area contributed by atoms with Crippen LogP contribution in [-0.4, -0.2) is 84.8 Å². The van der Waals surface area contributed by atoms with Gasteiger partial charge in [0.2, 0.25) is 5.91 Å². The van der Waals surface area contributed by atoms with Crippen molar-refractivity contribution in [3.63, 3.8) is 0 Å². The van der Waals surface area contributed by atoms with Crippen molar-refractivity contribution in [2.45, 2.75) is 50.1 Å². The molecule has 2 heterocycles. The van der Waals surface area contributed by atoms with Gasteiger partial charge in [-0.1, -0.05) is 31.4 Å². The van der Waals surface area contributed by atoms with Gasteiger partial charge in [0.05, 0.1) is 11.7 Å². The largest absolute Gasteiger partial charge is 0.346 e. The predicted molar refractivity (Wildman–Crippen MR) is 152 cm³/mol. The quantitative estimate of drug-likeness (QED) is 0.444. The summed E-state index contributed by atoms with van der Waals surface area (Å²) in [6.45, 7) is 4.02. The molecule has 1 saturated heterocycles. The lowest BCUT2D eigenvalue weighted by Gasteiger charge is -2.37. The molecule has 1 aliphatic heterocycles. The zero-order chi connectivity index (χ0) is 26.3. The Kier molecular flexibility index (Phi) is 9.61. The highest BCUT2D eigenvalue weighted by Gasteiger charge is 2.41. The van der Waals surface area contributed by atoms with Crippen molar-refractivity contribution >= 4 is 46.3 Å². The fourth-order valence-corrected chi connectivity index (χ4v) is 6.29. The molecule has 2 N–H and O–H groups in total. The monoisotopic (exact) mass is 543 g/mol. The minimum absolute atomic E-state index is 0.255. The predicted octanol–water partition coefficient (Wildman–Crippen LogP) is 3.43. The summed E-state index contributed by atoms with van der Waals surface area (Å²) < 4.78 is 0. The Morgan fingerprint density at radius 2 is 1.84 bits per heavy atom. The van der Waals surface area contributed by atoms with Crippen molar-refractivity contribution < 1.29 is 14.4 Å². The van der Waals surface area contributed by atoms with Crippen LogP contribution in [-0.2, 0) is 9.59 Å². The lowest BCUT2D eigenvalue weighted by molar-refractivity contribution is -0.130. The molecule has 1 aromatic carbocycles. The molecule has 1 atom stereocenters. The molecule has 0 unspecified atom stereocenters. The van der Waals surface area contributed by atoms with Crippen LogP contribution in [0.5, 0.6) is 0 Å². The van der Waals surface area contributed by atoms with Gasteiger partial charge < -0.3 is 25.2 Å². The standard InChI is InChI=1S/C27H37N5O3S2/c1-31-13-15-32(16-14-31)26-29-23(19-37-26)20-6-8-21(9-7-20)24(34)30-27(11-4-3-5-12-27)25(35)28-22(18-33)10-17-36-2/h6-9,18-19,22H,3-5,10-17H2,1-2H3,(H,28,35)(H,30,34)/t22-/m0/s1. The second-order valence-electron chi connectivity index (χ2n) is 9.98. The summed E-state index contributed by atoms with van der Waals surface area (Å²) in [4.78, 5) is 47.5. The van der Waals surface area contributed by atoms with E-state index < -0.39 is 11.6 Å². The molecule has 4 rings (SSSR count). The highest BCUT2D eigenvalue weighted by Crippen LogP contribution is 2.30. The Morgan fingerprint density at radius 1 is 1.14 bits per heavy atom. The third-order valence-corrected chi connectivity index (χ3v) is 8.86. The molecular formula is C27H37N5O3S2. The molecule has 1 aliphatic carbocycles. The third-order valence-electron chi connectivity index (χ3n) is 7.32. The normalized spacial score (nSPS) is 18.7. The molecule has 1 aromatic heterocycles. The van der Waals surface area contributed by atoms with Crippen LogP contribution in [0.25, 0.3) is 11.3 Å². The van der Waals surface area contributed by atoms with Crippen molar-refractivity contribution in [3.8, 4) is 11.3 Å². The van der Waals surface area contributed by atoms with Gasteiger partial charge in [0, 0.05) is 42.7 Å². The fourth-order valence-electron chi connectivity index (χ4n) is 4.91. The molecule has 1 saturated carbocycles. The van der Waals surface area contributed by atoms with E-state index >= 15 is 0 Å². The van der Waals surface area contributed by atoms with Crippen molar-refractivity contribution in [2.24, 2.45) is 0 Å². The summed E-state index contributed by atoms with van der Waals surface area (Å²) >= 11 is 3.28. The first-order valence-electron chi connectivity index (χ1n) is 13.0. The number of hydrogen-bond donors (Lipinski definition) is 2. The van der Waals surface area contributed by atoms with Gasteiger partial charge in [0.15, 0.2) is 5.13 Å². The van der Waals surface area contributed by atoms with Crippen LogP contribution in [0.4, 0.5) is 5.13 Å². The average Bonchev–Trinajstić information content (AvgIpc) is 3.42. The third kappa shape index (κ3) is 6.91. The van der Waals surface area contributed by atoms with E-state index in [0.717, 1.165) is 73.9 Å². The Labute approximate surface area is 227 Å². The van der Waals surface area contributed by atoms with Gasteiger partial charge >= 0.3 is 0 Å². The van der Waals surface area contributed by atoms with Crippen LogP contribution in [0.1, 0.15) is 48.9 Å². The fraction of sp³-hybridized carbons (Fsp3) is 0.556. The first-order chi connectivity index (χ1) is 17.9. The number of carbonyl (C=O) groups is 3. The van der Waals surface area contributed by atoms with Gasteiger partial charge in [-0.3, -0.25) is 9.59 Å². The Balaban J connectivity index is 1.42. The summed E-state index contributed by atoms with van der Waals surface area (Å²) in [6.07, 6.45) is 7.25. The summed E-state index contributed by atoms with van der Waals surface area (Å²) in [6, 6.07) is 6.87. The summed E-state index contributed by atoms with van der Waals surface area (Å²) in [7, 11) is 2.14. The minimum atomic E-state index is -0.985. The van der Waals surface area contributed by atoms with Crippen LogP contribution in [0.3, 0.4) is 0 Å². The maximum Gasteiger partial charge on any atom is 0.252 e. The number of aldehydes is 1. The van der Waals surface area contributed by atoms with Crippen molar-refractivity contribution in [1.82, 2.24) is 20.5 Å². The van der Waals surface area contributed by atoms with E-state index in [9.17, 15) is 14.4 Å². The maximum atomic E-state index is 13.3. The van der Waals surface area contributed by atoms with Crippen LogP contribution in [0, 0.1) is 0 Å². The molecule has 2 amide bonds. The molecule has 0 bridgehead atoms. The van der Waals surface area contributed by atoms with Crippen LogP contribution in [0.2, 0.25) is 0 Å². The molecular weight excluding hydrogens is 506 g/mol. The number of likely N-dealkylation sites (N-methyl/N-ethyl adjacent to an activating group) is 1. The van der Waals surface area contributed by atoms with Gasteiger partial charge in [0.1, 0.15) is 11.8 Å². The molecule has 10 heteroatoms. The van der Waals surface area contributed by atoms with E-state index in [1.165, 1.54) is 0 Å². The Bertz CT molecular complexity index is 1060. The number of carbonyl (C=O) groups excluding carboxylic acids is 3.